The number of phenolic OH excluding ortho intramolecular Hbond substituents is 3. The minimum Gasteiger partial charge on any atom is -0.507 e. The second kappa shape index (κ2) is 11.1. The Morgan fingerprint density at radius 2 is 1.71 bits per heavy atom. The number of rotatable bonds is 4. The number of methoxy groups -OCH3 is 2. The summed E-state index contributed by atoms with van der Waals surface area (Å²) in [5, 5.41) is 45.9. The molecule has 1 aromatic heterocycles. The molecule has 3 aromatic rings. The van der Waals surface area contributed by atoms with Gasteiger partial charge < -0.3 is 53.3 Å². The molecule has 0 radical (unpaired) electrons. The van der Waals surface area contributed by atoms with Crippen LogP contribution < -0.4 is 15.1 Å². The molecule has 6 atom stereocenters. The van der Waals surface area contributed by atoms with E-state index in [9.17, 15) is 39.6 Å². The zero-order valence-electron chi connectivity index (χ0n) is 26.0. The summed E-state index contributed by atoms with van der Waals surface area (Å²) in [6, 6.07) is 2.59. The van der Waals surface area contributed by atoms with Gasteiger partial charge in [0.1, 0.15) is 17.2 Å². The van der Waals surface area contributed by atoms with E-state index in [0.29, 0.717) is 6.42 Å². The number of ketones is 2. The standard InChI is InChI=1S/C33H30O15/c1-11-5-16(34)21-22(24(11)36)27(39)29-23(25(21)37)30(46-19-10-15(42-3)6-12(2)44-19)33(48-29)18(35)9-14-7-13-8-17(31(40)43-4)45-32(41)20(13)26(38)28(14)47-33/h5,7-8,12,15,18-19,30,35,37-39H,6,9-10H2,1-4H3/t12?,15?,18?,19?,30-,33-/m1/s1. The molecule has 7 rings (SSSR count). The summed E-state index contributed by atoms with van der Waals surface area (Å²) in [7, 11) is 2.62. The Bertz CT molecular complexity index is 2030. The van der Waals surface area contributed by atoms with Gasteiger partial charge >= 0.3 is 17.4 Å². The molecule has 4 heterocycles. The van der Waals surface area contributed by atoms with Gasteiger partial charge in [0.05, 0.1) is 36.0 Å². The predicted molar refractivity (Wildman–Crippen MR) is 160 cm³/mol. The Balaban J connectivity index is 1.41. The van der Waals surface area contributed by atoms with E-state index in [1.54, 1.807) is 6.92 Å². The third-order valence-corrected chi connectivity index (χ3v) is 9.14. The molecule has 0 bridgehead atoms. The number of Topliss-reactive ketones (excluding diaryl/α,β-unsaturated/α-hetero) is 1. The molecule has 4 aliphatic rings. The molecule has 0 amide bonds. The minimum absolute atomic E-state index is 0.00623. The highest BCUT2D eigenvalue weighted by Crippen LogP contribution is 2.61. The van der Waals surface area contributed by atoms with Crippen LogP contribution in [0.4, 0.5) is 0 Å². The van der Waals surface area contributed by atoms with Gasteiger partial charge in [0.15, 0.2) is 47.0 Å². The molecule has 48 heavy (non-hydrogen) atoms. The number of aromatic hydroxyl groups is 3. The Kier molecular flexibility index (Phi) is 7.28. The first-order chi connectivity index (χ1) is 22.8. The average Bonchev–Trinajstić information content (AvgIpc) is 3.36. The van der Waals surface area contributed by atoms with Crippen LogP contribution in [-0.4, -0.2) is 82.6 Å². The summed E-state index contributed by atoms with van der Waals surface area (Å²) >= 11 is 0. The SMILES string of the molecule is COC(=O)c1cc2cc3c(c(O)c2c(=O)o1)O[C@@]1(Oc2c(O)c4c(c(O)c2[C@H]1OC1CC(OC)CC(C)O1)C(=O)C=C(C)C4=O)C(O)C3. The number of phenols is 3. The third kappa shape index (κ3) is 4.49. The predicted octanol–water partition coefficient (Wildman–Crippen LogP) is 2.70. The van der Waals surface area contributed by atoms with Crippen LogP contribution in [0.15, 0.2) is 33.0 Å². The number of ether oxygens (including phenoxy) is 6. The number of carbonyl (C=O) groups excluding carboxylic acids is 3. The summed E-state index contributed by atoms with van der Waals surface area (Å²) in [5.41, 5.74) is -2.24. The normalized spacial score (nSPS) is 27.5. The van der Waals surface area contributed by atoms with Crippen molar-refractivity contribution in [1.29, 1.82) is 0 Å². The number of hydrogen-bond donors (Lipinski definition) is 4. The average molecular weight is 667 g/mol. The van der Waals surface area contributed by atoms with Crippen molar-refractivity contribution >= 4 is 28.3 Å². The van der Waals surface area contributed by atoms with Gasteiger partial charge in [0.25, 0.3) is 0 Å². The van der Waals surface area contributed by atoms with Crippen molar-refractivity contribution in [1.82, 2.24) is 0 Å². The Morgan fingerprint density at radius 1 is 0.979 bits per heavy atom. The maximum atomic E-state index is 13.1. The van der Waals surface area contributed by atoms with Gasteiger partial charge in [-0.1, -0.05) is 0 Å². The number of hydrogen-bond acceptors (Lipinski definition) is 15. The number of carbonyl (C=O) groups is 3. The van der Waals surface area contributed by atoms with Crippen LogP contribution in [0.2, 0.25) is 0 Å². The van der Waals surface area contributed by atoms with E-state index in [1.165, 1.54) is 26.2 Å². The fourth-order valence-electron chi connectivity index (χ4n) is 6.86. The van der Waals surface area contributed by atoms with Gasteiger partial charge in [-0.05, 0) is 43.9 Å². The Hall–Kier alpha value is -4.96. The van der Waals surface area contributed by atoms with Crippen LogP contribution >= 0.6 is 0 Å². The topological polar surface area (TPSA) is 218 Å². The second-order valence-electron chi connectivity index (χ2n) is 12.1. The van der Waals surface area contributed by atoms with Gasteiger partial charge in [-0.3, -0.25) is 9.59 Å². The van der Waals surface area contributed by atoms with E-state index in [4.69, 9.17) is 28.1 Å². The molecule has 1 spiro atoms. The zero-order valence-corrected chi connectivity index (χ0v) is 26.0. The lowest BCUT2D eigenvalue weighted by Crippen LogP contribution is -2.58. The van der Waals surface area contributed by atoms with Crippen LogP contribution in [0.25, 0.3) is 10.8 Å². The smallest absolute Gasteiger partial charge is 0.374 e. The van der Waals surface area contributed by atoms with E-state index >= 15 is 0 Å². The summed E-state index contributed by atoms with van der Waals surface area (Å²) < 4.78 is 40.0. The molecule has 0 saturated carbocycles. The van der Waals surface area contributed by atoms with Gasteiger partial charge in [0.2, 0.25) is 5.76 Å². The van der Waals surface area contributed by atoms with Crippen molar-refractivity contribution in [3.05, 3.63) is 62.2 Å². The van der Waals surface area contributed by atoms with Crippen LogP contribution in [0.3, 0.4) is 0 Å². The molecule has 1 fully saturated rings. The highest BCUT2D eigenvalue weighted by Gasteiger charge is 2.63. The van der Waals surface area contributed by atoms with Gasteiger partial charge in [-0.15, -0.1) is 0 Å². The largest absolute Gasteiger partial charge is 0.507 e. The maximum Gasteiger partial charge on any atom is 0.374 e. The van der Waals surface area contributed by atoms with Crippen LogP contribution in [0.5, 0.6) is 28.7 Å². The van der Waals surface area contributed by atoms with E-state index in [1.807, 2.05) is 0 Å². The highest BCUT2D eigenvalue weighted by atomic mass is 16.8. The summed E-state index contributed by atoms with van der Waals surface area (Å²) in [4.78, 5) is 51.3. The van der Waals surface area contributed by atoms with E-state index < -0.39 is 87.3 Å². The van der Waals surface area contributed by atoms with Crippen molar-refractivity contribution in [3.63, 3.8) is 0 Å². The summed E-state index contributed by atoms with van der Waals surface area (Å²) in [5.74, 6) is -8.40. The molecule has 15 nitrogen and oxygen atoms in total. The molecule has 15 heteroatoms. The quantitative estimate of drug-likeness (QED) is 0.232. The molecule has 4 unspecified atom stereocenters. The van der Waals surface area contributed by atoms with Crippen molar-refractivity contribution < 1.29 is 67.6 Å². The van der Waals surface area contributed by atoms with Crippen molar-refractivity contribution in [2.45, 2.75) is 69.6 Å². The zero-order chi connectivity index (χ0) is 34.4. The number of allylic oxidation sites excluding steroid dienone is 2. The summed E-state index contributed by atoms with van der Waals surface area (Å²) in [6.45, 7) is 3.16. The highest BCUT2D eigenvalue weighted by molar-refractivity contribution is 6.27. The van der Waals surface area contributed by atoms with Crippen molar-refractivity contribution in [3.8, 4) is 28.7 Å². The number of esters is 1. The van der Waals surface area contributed by atoms with Crippen LogP contribution in [0.1, 0.15) is 75.2 Å². The maximum absolute atomic E-state index is 13.1. The van der Waals surface area contributed by atoms with Crippen molar-refractivity contribution in [2.75, 3.05) is 14.2 Å². The number of fused-ring (bicyclic) bond motifs is 4. The lowest BCUT2D eigenvalue weighted by atomic mass is 9.84. The number of benzene rings is 2. The second-order valence-corrected chi connectivity index (χ2v) is 12.1. The lowest BCUT2D eigenvalue weighted by Gasteiger charge is -2.43. The molecule has 1 saturated heterocycles. The Labute approximate surface area is 270 Å². The fourth-order valence-corrected chi connectivity index (χ4v) is 6.86. The molecule has 1 aliphatic carbocycles. The monoisotopic (exact) mass is 666 g/mol. The van der Waals surface area contributed by atoms with Crippen molar-refractivity contribution in [2.24, 2.45) is 0 Å². The lowest BCUT2D eigenvalue weighted by molar-refractivity contribution is -0.302. The minimum atomic E-state index is -2.40. The molecule has 252 valence electrons. The van der Waals surface area contributed by atoms with Gasteiger partial charge in [-0.2, -0.15) is 0 Å². The molecular formula is C33H30O15. The van der Waals surface area contributed by atoms with E-state index in [2.05, 4.69) is 4.74 Å². The fraction of sp³-hybridized carbons (Fsp3) is 0.394. The first-order valence-corrected chi connectivity index (χ1v) is 15.0. The molecule has 3 aliphatic heterocycles. The number of aliphatic hydroxyl groups is 1. The first-order valence-electron chi connectivity index (χ1n) is 15.0. The first kappa shape index (κ1) is 31.6. The van der Waals surface area contributed by atoms with Crippen LogP contribution in [0, 0.1) is 0 Å². The summed E-state index contributed by atoms with van der Waals surface area (Å²) in [6.07, 6.45) is -3.63. The molecule has 4 N–H and O–H groups in total. The van der Waals surface area contributed by atoms with Crippen LogP contribution in [-0.2, 0) is 25.4 Å². The molecular weight excluding hydrogens is 636 g/mol. The van der Waals surface area contributed by atoms with E-state index in [-0.39, 0.29) is 58.3 Å². The van der Waals surface area contributed by atoms with Gasteiger partial charge in [-0.25, -0.2) is 9.59 Å². The number of aliphatic hydroxyl groups excluding tert-OH is 1. The molecule has 2 aromatic carbocycles. The van der Waals surface area contributed by atoms with Gasteiger partial charge in [0, 0.05) is 31.1 Å². The third-order valence-electron chi connectivity index (χ3n) is 9.14. The van der Waals surface area contributed by atoms with E-state index in [0.717, 1.165) is 13.2 Å². The Morgan fingerprint density at radius 3 is 2.42 bits per heavy atom.